The van der Waals surface area contributed by atoms with Gasteiger partial charge in [-0.2, -0.15) is 0 Å². The lowest BCUT2D eigenvalue weighted by molar-refractivity contribution is 0.00578. The molecule has 1 heterocycles. The molecule has 1 atom stereocenters. The zero-order valence-corrected chi connectivity index (χ0v) is 21.0. The molecule has 1 aliphatic heterocycles. The van der Waals surface area contributed by atoms with E-state index in [4.69, 9.17) is 25.6 Å². The highest BCUT2D eigenvalue weighted by molar-refractivity contribution is 6.62. The van der Waals surface area contributed by atoms with Crippen LogP contribution in [0.2, 0.25) is 5.02 Å². The Balaban J connectivity index is 1.92. The van der Waals surface area contributed by atoms with Crippen molar-refractivity contribution in [3.8, 4) is 0 Å². The zero-order valence-electron chi connectivity index (χ0n) is 20.2. The molecular weight excluding hydrogens is 425 g/mol. The topological polar surface area (TPSA) is 48.0 Å². The molecule has 2 aromatic rings. The van der Waals surface area contributed by atoms with Crippen molar-refractivity contribution in [1.82, 2.24) is 4.90 Å². The third-order valence-electron chi connectivity index (χ3n) is 6.03. The highest BCUT2D eigenvalue weighted by Crippen LogP contribution is 2.37. The van der Waals surface area contributed by atoms with Gasteiger partial charge in [0.15, 0.2) is 0 Å². The minimum Gasteiger partial charge on any atom is -0.444 e. The van der Waals surface area contributed by atoms with Gasteiger partial charge in [-0.15, -0.1) is 0 Å². The Morgan fingerprint density at radius 2 is 1.38 bits per heavy atom. The first-order chi connectivity index (χ1) is 14.7. The molecule has 0 N–H and O–H groups in total. The van der Waals surface area contributed by atoms with Crippen LogP contribution >= 0.6 is 11.6 Å². The van der Waals surface area contributed by atoms with E-state index in [2.05, 4.69) is 0 Å². The SMILES string of the molecule is CN(C(=O)OC(C)(C)C)C(c1ccc(Cl)cc1)c1ccc(B2OC(C)(C)C(C)(C)O2)cc1. The fourth-order valence-electron chi connectivity index (χ4n) is 3.54. The molecule has 7 heteroatoms. The van der Waals surface area contributed by atoms with Gasteiger partial charge in [-0.1, -0.05) is 48.0 Å². The van der Waals surface area contributed by atoms with Crippen LogP contribution in [0.15, 0.2) is 48.5 Å². The molecule has 0 aromatic heterocycles. The molecule has 1 saturated heterocycles. The summed E-state index contributed by atoms with van der Waals surface area (Å²) in [5, 5.41) is 0.642. The van der Waals surface area contributed by atoms with E-state index in [1.807, 2.05) is 97.0 Å². The van der Waals surface area contributed by atoms with Crippen LogP contribution in [0.4, 0.5) is 4.79 Å². The number of nitrogens with zero attached hydrogens (tertiary/aromatic N) is 1. The third kappa shape index (κ3) is 5.30. The first-order valence-electron chi connectivity index (χ1n) is 10.9. The monoisotopic (exact) mass is 457 g/mol. The van der Waals surface area contributed by atoms with Crippen molar-refractivity contribution >= 4 is 30.3 Å². The predicted octanol–water partition coefficient (Wildman–Crippen LogP) is 5.60. The largest absolute Gasteiger partial charge is 0.494 e. The summed E-state index contributed by atoms with van der Waals surface area (Å²) in [4.78, 5) is 14.5. The summed E-state index contributed by atoms with van der Waals surface area (Å²) in [6.45, 7) is 13.7. The lowest BCUT2D eigenvalue weighted by atomic mass is 9.78. The number of benzene rings is 2. The maximum Gasteiger partial charge on any atom is 0.494 e. The van der Waals surface area contributed by atoms with Crippen molar-refractivity contribution in [2.24, 2.45) is 0 Å². The van der Waals surface area contributed by atoms with Gasteiger partial charge >= 0.3 is 13.2 Å². The second-order valence-corrected chi connectivity index (χ2v) is 10.7. The average Bonchev–Trinajstić information content (AvgIpc) is 2.90. The number of hydrogen-bond acceptors (Lipinski definition) is 4. The molecule has 1 amide bonds. The molecule has 1 aliphatic rings. The summed E-state index contributed by atoms with van der Waals surface area (Å²) < 4.78 is 18.0. The second-order valence-electron chi connectivity index (χ2n) is 10.3. The molecule has 3 rings (SSSR count). The molecule has 1 unspecified atom stereocenters. The number of rotatable bonds is 4. The molecule has 0 bridgehead atoms. The summed E-state index contributed by atoms with van der Waals surface area (Å²) in [6, 6.07) is 15.1. The van der Waals surface area contributed by atoms with Crippen LogP contribution in [0.1, 0.15) is 65.6 Å². The Labute approximate surface area is 197 Å². The summed E-state index contributed by atoms with van der Waals surface area (Å²) >= 11 is 6.10. The predicted molar refractivity (Wildman–Crippen MR) is 129 cm³/mol. The minimum absolute atomic E-state index is 0.338. The highest BCUT2D eigenvalue weighted by Gasteiger charge is 2.51. The summed E-state index contributed by atoms with van der Waals surface area (Å²) in [5.74, 6) is 0. The highest BCUT2D eigenvalue weighted by atomic mass is 35.5. The Hall–Kier alpha value is -2.02. The maximum absolute atomic E-state index is 12.9. The lowest BCUT2D eigenvalue weighted by Crippen LogP contribution is -2.41. The number of carbonyl (C=O) groups excluding carboxylic acids is 1. The normalized spacial score (nSPS) is 18.3. The summed E-state index contributed by atoms with van der Waals surface area (Å²) in [7, 11) is 1.31. The summed E-state index contributed by atoms with van der Waals surface area (Å²) in [5.41, 5.74) is 1.42. The molecule has 5 nitrogen and oxygen atoms in total. The fourth-order valence-corrected chi connectivity index (χ4v) is 3.66. The molecule has 1 fully saturated rings. The van der Waals surface area contributed by atoms with Gasteiger partial charge in [-0.3, -0.25) is 0 Å². The van der Waals surface area contributed by atoms with Crippen molar-refractivity contribution < 1.29 is 18.8 Å². The Morgan fingerprint density at radius 3 is 1.81 bits per heavy atom. The Bertz CT molecular complexity index is 935. The number of amides is 1. The fraction of sp³-hybridized carbons (Fsp3) is 0.480. The Kier molecular flexibility index (Phi) is 6.72. The van der Waals surface area contributed by atoms with Crippen molar-refractivity contribution in [2.75, 3.05) is 7.05 Å². The van der Waals surface area contributed by atoms with Crippen LogP contribution in [0.5, 0.6) is 0 Å². The molecule has 0 saturated carbocycles. The number of halogens is 1. The number of ether oxygens (including phenoxy) is 1. The van der Waals surface area contributed by atoms with Crippen molar-refractivity contribution in [3.05, 3.63) is 64.7 Å². The molecule has 32 heavy (non-hydrogen) atoms. The van der Waals surface area contributed by atoms with Gasteiger partial charge in [0, 0.05) is 12.1 Å². The molecule has 172 valence electrons. The van der Waals surface area contributed by atoms with Crippen molar-refractivity contribution in [3.63, 3.8) is 0 Å². The van der Waals surface area contributed by atoms with Crippen LogP contribution in [-0.4, -0.2) is 42.0 Å². The minimum atomic E-state index is -0.587. The quantitative estimate of drug-likeness (QED) is 0.561. The van der Waals surface area contributed by atoms with E-state index < -0.39 is 30.0 Å². The van der Waals surface area contributed by atoms with E-state index in [9.17, 15) is 4.79 Å². The van der Waals surface area contributed by atoms with Crippen LogP contribution in [-0.2, 0) is 14.0 Å². The molecular formula is C25H33BClNO4. The van der Waals surface area contributed by atoms with Gasteiger partial charge in [0.1, 0.15) is 5.60 Å². The van der Waals surface area contributed by atoms with Crippen LogP contribution in [0, 0.1) is 0 Å². The van der Waals surface area contributed by atoms with E-state index in [-0.39, 0.29) is 6.04 Å². The van der Waals surface area contributed by atoms with Gasteiger partial charge in [0.05, 0.1) is 17.2 Å². The maximum atomic E-state index is 12.9. The number of hydrogen-bond donors (Lipinski definition) is 0. The van der Waals surface area contributed by atoms with E-state index in [1.165, 1.54) is 0 Å². The zero-order chi connectivity index (χ0) is 23.9. The third-order valence-corrected chi connectivity index (χ3v) is 6.28. The van der Waals surface area contributed by atoms with Crippen molar-refractivity contribution in [1.29, 1.82) is 0 Å². The van der Waals surface area contributed by atoms with E-state index in [0.29, 0.717) is 5.02 Å². The Morgan fingerprint density at radius 1 is 0.938 bits per heavy atom. The molecule has 0 aliphatic carbocycles. The number of carbonyl (C=O) groups is 1. The van der Waals surface area contributed by atoms with E-state index >= 15 is 0 Å². The van der Waals surface area contributed by atoms with Crippen LogP contribution in [0.3, 0.4) is 0 Å². The van der Waals surface area contributed by atoms with Gasteiger partial charge in [0.25, 0.3) is 0 Å². The first kappa shape index (κ1) is 24.6. The summed E-state index contributed by atoms with van der Waals surface area (Å²) in [6.07, 6.45) is -0.396. The van der Waals surface area contributed by atoms with Gasteiger partial charge < -0.3 is 18.9 Å². The lowest BCUT2D eigenvalue weighted by Gasteiger charge is -2.32. The standard InChI is InChI=1S/C25H33BClNO4/c1-23(2,3)30-22(29)28(8)21(18-11-15-20(27)16-12-18)17-9-13-19(14-10-17)26-31-24(4,5)25(6,7)32-26/h9-16,21H,1-8H3. The van der Waals surface area contributed by atoms with Gasteiger partial charge in [0.2, 0.25) is 0 Å². The molecule has 0 spiro atoms. The second kappa shape index (κ2) is 8.73. The molecule has 2 aromatic carbocycles. The van der Waals surface area contributed by atoms with Gasteiger partial charge in [-0.05, 0) is 77.2 Å². The van der Waals surface area contributed by atoms with Crippen LogP contribution in [0.25, 0.3) is 0 Å². The van der Waals surface area contributed by atoms with E-state index in [1.54, 1.807) is 11.9 Å². The average molecular weight is 458 g/mol. The van der Waals surface area contributed by atoms with Crippen molar-refractivity contribution in [2.45, 2.75) is 71.3 Å². The first-order valence-corrected chi connectivity index (χ1v) is 11.2. The molecule has 0 radical (unpaired) electrons. The van der Waals surface area contributed by atoms with E-state index in [0.717, 1.165) is 16.6 Å². The van der Waals surface area contributed by atoms with Gasteiger partial charge in [-0.25, -0.2) is 4.79 Å². The van der Waals surface area contributed by atoms with Crippen LogP contribution < -0.4 is 5.46 Å². The smallest absolute Gasteiger partial charge is 0.444 e.